The highest BCUT2D eigenvalue weighted by atomic mass is 32.2. The van der Waals surface area contributed by atoms with E-state index < -0.39 is 10.0 Å². The molecule has 0 aromatic carbocycles. The smallest absolute Gasteiger partial charge is 0.212 e. The SMILES string of the molecule is CC1CN(S(=O)(=O)C(C)C)C1. The van der Waals surface area contributed by atoms with Gasteiger partial charge in [-0.25, -0.2) is 12.7 Å². The van der Waals surface area contributed by atoms with Crippen LogP contribution in [0.5, 0.6) is 0 Å². The zero-order valence-corrected chi connectivity index (χ0v) is 8.06. The minimum atomic E-state index is -2.94. The lowest BCUT2D eigenvalue weighted by molar-refractivity contribution is 0.216. The van der Waals surface area contributed by atoms with Gasteiger partial charge in [0, 0.05) is 13.1 Å². The molecule has 1 fully saturated rings. The van der Waals surface area contributed by atoms with Crippen LogP contribution in [0.3, 0.4) is 0 Å². The Balaban J connectivity index is 2.62. The summed E-state index contributed by atoms with van der Waals surface area (Å²) in [5.74, 6) is 0.545. The van der Waals surface area contributed by atoms with Crippen LogP contribution in [0.2, 0.25) is 0 Å². The summed E-state index contributed by atoms with van der Waals surface area (Å²) in [4.78, 5) is 0. The van der Waals surface area contributed by atoms with Crippen LogP contribution in [0.1, 0.15) is 20.8 Å². The quantitative estimate of drug-likeness (QED) is 0.622. The van der Waals surface area contributed by atoms with Crippen LogP contribution >= 0.6 is 0 Å². The molecule has 3 nitrogen and oxygen atoms in total. The summed E-state index contributed by atoms with van der Waals surface area (Å²) >= 11 is 0. The highest BCUT2D eigenvalue weighted by molar-refractivity contribution is 7.89. The lowest BCUT2D eigenvalue weighted by Crippen LogP contribution is -2.50. The fourth-order valence-electron chi connectivity index (χ4n) is 1.15. The van der Waals surface area contributed by atoms with Crippen LogP contribution in [0.25, 0.3) is 0 Å². The van der Waals surface area contributed by atoms with E-state index in [0.29, 0.717) is 19.0 Å². The van der Waals surface area contributed by atoms with E-state index in [1.54, 1.807) is 18.2 Å². The Labute approximate surface area is 68.4 Å². The molecule has 0 aromatic rings. The first kappa shape index (κ1) is 9.00. The van der Waals surface area contributed by atoms with Gasteiger partial charge in [-0.05, 0) is 19.8 Å². The van der Waals surface area contributed by atoms with Crippen molar-refractivity contribution in [3.8, 4) is 0 Å². The molecular formula is C7H15NO2S. The van der Waals surface area contributed by atoms with Crippen molar-refractivity contribution in [1.82, 2.24) is 4.31 Å². The fraction of sp³-hybridized carbons (Fsp3) is 1.00. The van der Waals surface area contributed by atoms with Gasteiger partial charge in [-0.1, -0.05) is 6.92 Å². The minimum Gasteiger partial charge on any atom is -0.212 e. The van der Waals surface area contributed by atoms with Crippen molar-refractivity contribution in [2.75, 3.05) is 13.1 Å². The van der Waals surface area contributed by atoms with Crippen molar-refractivity contribution in [3.05, 3.63) is 0 Å². The van der Waals surface area contributed by atoms with Crippen molar-refractivity contribution in [2.45, 2.75) is 26.0 Å². The standard InChI is InChI=1S/C7H15NO2S/c1-6(2)11(9,10)8-4-7(3)5-8/h6-7H,4-5H2,1-3H3. The number of rotatable bonds is 2. The molecule has 0 aromatic heterocycles. The normalized spacial score (nSPS) is 22.2. The third-order valence-electron chi connectivity index (χ3n) is 1.99. The summed E-state index contributed by atoms with van der Waals surface area (Å²) in [5, 5.41) is -0.269. The molecule has 1 heterocycles. The summed E-state index contributed by atoms with van der Waals surface area (Å²) < 4.78 is 24.3. The summed E-state index contributed by atoms with van der Waals surface area (Å²) in [7, 11) is -2.94. The van der Waals surface area contributed by atoms with Gasteiger partial charge in [0.25, 0.3) is 0 Å². The molecule has 1 aliphatic rings. The molecule has 4 heteroatoms. The first-order valence-electron chi connectivity index (χ1n) is 3.93. The second-order valence-corrected chi connectivity index (χ2v) is 6.01. The summed E-state index contributed by atoms with van der Waals surface area (Å²) in [5.41, 5.74) is 0. The third kappa shape index (κ3) is 1.56. The van der Waals surface area contributed by atoms with Gasteiger partial charge in [0.15, 0.2) is 0 Å². The summed E-state index contributed by atoms with van der Waals surface area (Å²) in [6.45, 7) is 6.92. The Hall–Kier alpha value is -0.0900. The van der Waals surface area contributed by atoms with Crippen LogP contribution in [-0.2, 0) is 10.0 Å². The van der Waals surface area contributed by atoms with E-state index in [9.17, 15) is 8.42 Å². The van der Waals surface area contributed by atoms with Crippen LogP contribution in [-0.4, -0.2) is 31.1 Å². The van der Waals surface area contributed by atoms with Crippen molar-refractivity contribution >= 4 is 10.0 Å². The van der Waals surface area contributed by atoms with E-state index in [-0.39, 0.29) is 5.25 Å². The summed E-state index contributed by atoms with van der Waals surface area (Å²) in [6.07, 6.45) is 0. The van der Waals surface area contributed by atoms with Gasteiger partial charge in [-0.15, -0.1) is 0 Å². The Morgan fingerprint density at radius 1 is 1.36 bits per heavy atom. The van der Waals surface area contributed by atoms with E-state index in [2.05, 4.69) is 6.92 Å². The van der Waals surface area contributed by atoms with E-state index in [1.807, 2.05) is 0 Å². The predicted molar refractivity (Wildman–Crippen MR) is 44.8 cm³/mol. The van der Waals surface area contributed by atoms with E-state index in [4.69, 9.17) is 0 Å². The van der Waals surface area contributed by atoms with E-state index in [1.165, 1.54) is 0 Å². The zero-order chi connectivity index (χ0) is 8.65. The van der Waals surface area contributed by atoms with Gasteiger partial charge in [0.1, 0.15) is 0 Å². The fourth-order valence-corrected chi connectivity index (χ4v) is 2.67. The monoisotopic (exact) mass is 177 g/mol. The lowest BCUT2D eigenvalue weighted by Gasteiger charge is -2.37. The molecule has 0 aliphatic carbocycles. The van der Waals surface area contributed by atoms with E-state index in [0.717, 1.165) is 0 Å². The molecule has 0 bridgehead atoms. The minimum absolute atomic E-state index is 0.269. The molecule has 0 radical (unpaired) electrons. The maximum atomic E-state index is 11.4. The number of sulfonamides is 1. The second kappa shape index (κ2) is 2.75. The van der Waals surface area contributed by atoms with Crippen LogP contribution in [0.15, 0.2) is 0 Å². The van der Waals surface area contributed by atoms with Crippen molar-refractivity contribution in [2.24, 2.45) is 5.92 Å². The van der Waals surface area contributed by atoms with Crippen LogP contribution in [0.4, 0.5) is 0 Å². The average molecular weight is 177 g/mol. The number of hydrogen-bond donors (Lipinski definition) is 0. The molecule has 1 rings (SSSR count). The molecule has 1 saturated heterocycles. The molecule has 11 heavy (non-hydrogen) atoms. The third-order valence-corrected chi connectivity index (χ3v) is 4.20. The largest absolute Gasteiger partial charge is 0.216 e. The van der Waals surface area contributed by atoms with Gasteiger partial charge >= 0.3 is 0 Å². The van der Waals surface area contributed by atoms with Crippen molar-refractivity contribution < 1.29 is 8.42 Å². The topological polar surface area (TPSA) is 37.4 Å². The van der Waals surface area contributed by atoms with Gasteiger partial charge in [0.05, 0.1) is 5.25 Å². The Kier molecular flexibility index (Phi) is 2.25. The highest BCUT2D eigenvalue weighted by Crippen LogP contribution is 2.21. The van der Waals surface area contributed by atoms with Gasteiger partial charge < -0.3 is 0 Å². The first-order valence-corrected chi connectivity index (χ1v) is 5.44. The van der Waals surface area contributed by atoms with Crippen molar-refractivity contribution in [1.29, 1.82) is 0 Å². The van der Waals surface area contributed by atoms with E-state index >= 15 is 0 Å². The molecule has 0 amide bonds. The highest BCUT2D eigenvalue weighted by Gasteiger charge is 2.34. The van der Waals surface area contributed by atoms with Crippen LogP contribution in [0, 0.1) is 5.92 Å². The number of nitrogens with zero attached hydrogens (tertiary/aromatic N) is 1. The van der Waals surface area contributed by atoms with Gasteiger partial charge in [0.2, 0.25) is 10.0 Å². The molecule has 0 saturated carbocycles. The lowest BCUT2D eigenvalue weighted by atomic mass is 10.1. The molecule has 0 N–H and O–H groups in total. The Morgan fingerprint density at radius 2 is 1.82 bits per heavy atom. The van der Waals surface area contributed by atoms with Crippen LogP contribution < -0.4 is 0 Å². The Morgan fingerprint density at radius 3 is 2.09 bits per heavy atom. The molecule has 0 unspecified atom stereocenters. The maximum Gasteiger partial charge on any atom is 0.216 e. The summed E-state index contributed by atoms with van der Waals surface area (Å²) in [6, 6.07) is 0. The second-order valence-electron chi connectivity index (χ2n) is 3.52. The zero-order valence-electron chi connectivity index (χ0n) is 7.24. The number of hydrogen-bond acceptors (Lipinski definition) is 2. The van der Waals surface area contributed by atoms with Gasteiger partial charge in [-0.2, -0.15) is 0 Å². The first-order chi connectivity index (χ1) is 4.94. The molecule has 0 atom stereocenters. The Bertz CT molecular complexity index is 227. The molecule has 66 valence electrons. The average Bonchev–Trinajstić information content (AvgIpc) is 1.80. The molecular weight excluding hydrogens is 162 g/mol. The van der Waals surface area contributed by atoms with Gasteiger partial charge in [-0.3, -0.25) is 0 Å². The maximum absolute atomic E-state index is 11.4. The predicted octanol–water partition coefficient (Wildman–Crippen LogP) is 0.676. The van der Waals surface area contributed by atoms with Crippen molar-refractivity contribution in [3.63, 3.8) is 0 Å². The molecule has 1 aliphatic heterocycles. The molecule has 0 spiro atoms.